The van der Waals surface area contributed by atoms with Crippen LogP contribution in [-0.2, 0) is 0 Å². The number of hydrogen-bond donors (Lipinski definition) is 1. The van der Waals surface area contributed by atoms with E-state index in [2.05, 4.69) is 22.4 Å². The van der Waals surface area contributed by atoms with Crippen molar-refractivity contribution in [1.29, 1.82) is 0 Å². The van der Waals surface area contributed by atoms with Crippen LogP contribution < -0.4 is 10.1 Å². The van der Waals surface area contributed by atoms with Crippen LogP contribution in [0.3, 0.4) is 0 Å². The van der Waals surface area contributed by atoms with Gasteiger partial charge < -0.3 is 10.1 Å². The zero-order valence-corrected chi connectivity index (χ0v) is 12.8. The van der Waals surface area contributed by atoms with Crippen LogP contribution in [0.25, 0.3) is 10.9 Å². The molecule has 1 aliphatic carbocycles. The third-order valence-corrected chi connectivity index (χ3v) is 4.22. The monoisotopic (exact) mass is 284 g/mol. The average molecular weight is 284 g/mol. The van der Waals surface area contributed by atoms with Gasteiger partial charge in [0.25, 0.3) is 0 Å². The third kappa shape index (κ3) is 3.73. The van der Waals surface area contributed by atoms with Gasteiger partial charge in [-0.1, -0.05) is 37.5 Å². The van der Waals surface area contributed by atoms with Crippen LogP contribution >= 0.6 is 0 Å². The van der Waals surface area contributed by atoms with E-state index in [0.29, 0.717) is 12.6 Å². The van der Waals surface area contributed by atoms with Crippen LogP contribution in [0.2, 0.25) is 0 Å². The quantitative estimate of drug-likeness (QED) is 0.847. The molecule has 0 amide bonds. The predicted molar refractivity (Wildman–Crippen MR) is 86.9 cm³/mol. The molecule has 1 fully saturated rings. The van der Waals surface area contributed by atoms with Crippen molar-refractivity contribution < 1.29 is 4.74 Å². The van der Waals surface area contributed by atoms with E-state index in [1.54, 1.807) is 0 Å². The Labute approximate surface area is 126 Å². The molecule has 0 spiro atoms. The molecular formula is C18H24N2O. The molecule has 1 aliphatic rings. The molecule has 1 N–H and O–H groups in total. The SMILES string of the molecule is Cc1ccc2cccc(OCCNC3CCCCC3)c2n1. The van der Waals surface area contributed by atoms with Crippen LogP contribution in [0, 0.1) is 6.92 Å². The number of hydrogen-bond acceptors (Lipinski definition) is 3. The molecule has 3 heteroatoms. The Hall–Kier alpha value is -1.61. The molecule has 0 aliphatic heterocycles. The lowest BCUT2D eigenvalue weighted by Crippen LogP contribution is -2.34. The topological polar surface area (TPSA) is 34.1 Å². The number of ether oxygens (including phenoxy) is 1. The summed E-state index contributed by atoms with van der Waals surface area (Å²) in [7, 11) is 0. The first-order valence-electron chi connectivity index (χ1n) is 8.05. The maximum absolute atomic E-state index is 5.94. The molecule has 0 radical (unpaired) electrons. The first kappa shape index (κ1) is 14.3. The molecule has 0 saturated heterocycles. The fourth-order valence-electron chi connectivity index (χ4n) is 3.06. The lowest BCUT2D eigenvalue weighted by Gasteiger charge is -2.22. The van der Waals surface area contributed by atoms with Crippen molar-refractivity contribution in [2.75, 3.05) is 13.2 Å². The van der Waals surface area contributed by atoms with E-state index >= 15 is 0 Å². The zero-order chi connectivity index (χ0) is 14.5. The van der Waals surface area contributed by atoms with E-state index < -0.39 is 0 Å². The minimum atomic E-state index is 0.690. The van der Waals surface area contributed by atoms with Crippen LogP contribution in [0.4, 0.5) is 0 Å². The molecule has 0 unspecified atom stereocenters. The number of nitrogens with one attached hydrogen (secondary N) is 1. The number of nitrogens with zero attached hydrogens (tertiary/aromatic N) is 1. The molecule has 0 bridgehead atoms. The predicted octanol–water partition coefficient (Wildman–Crippen LogP) is 3.84. The van der Waals surface area contributed by atoms with Crippen molar-refractivity contribution in [2.24, 2.45) is 0 Å². The van der Waals surface area contributed by atoms with Crippen molar-refractivity contribution in [2.45, 2.75) is 45.1 Å². The van der Waals surface area contributed by atoms with Crippen molar-refractivity contribution in [3.63, 3.8) is 0 Å². The number of pyridine rings is 1. The summed E-state index contributed by atoms with van der Waals surface area (Å²) in [5, 5.41) is 4.74. The molecule has 3 rings (SSSR count). The highest BCUT2D eigenvalue weighted by atomic mass is 16.5. The summed E-state index contributed by atoms with van der Waals surface area (Å²) >= 11 is 0. The smallest absolute Gasteiger partial charge is 0.145 e. The summed E-state index contributed by atoms with van der Waals surface area (Å²) in [6, 6.07) is 10.9. The maximum Gasteiger partial charge on any atom is 0.145 e. The number of benzene rings is 1. The summed E-state index contributed by atoms with van der Waals surface area (Å²) in [5.74, 6) is 0.890. The highest BCUT2D eigenvalue weighted by Gasteiger charge is 2.12. The Bertz CT molecular complexity index is 591. The van der Waals surface area contributed by atoms with Gasteiger partial charge in [0.1, 0.15) is 17.9 Å². The lowest BCUT2D eigenvalue weighted by molar-refractivity contribution is 0.291. The van der Waals surface area contributed by atoms with Gasteiger partial charge in [-0.3, -0.25) is 0 Å². The zero-order valence-electron chi connectivity index (χ0n) is 12.8. The molecule has 112 valence electrons. The summed E-state index contributed by atoms with van der Waals surface area (Å²) in [4.78, 5) is 4.60. The van der Waals surface area contributed by atoms with Crippen molar-refractivity contribution >= 4 is 10.9 Å². The first-order chi connectivity index (χ1) is 10.3. The number of para-hydroxylation sites is 1. The fourth-order valence-corrected chi connectivity index (χ4v) is 3.06. The molecule has 1 aromatic heterocycles. The van der Waals surface area contributed by atoms with Gasteiger partial charge in [-0.05, 0) is 31.9 Å². The van der Waals surface area contributed by atoms with Crippen molar-refractivity contribution in [3.05, 3.63) is 36.0 Å². The highest BCUT2D eigenvalue weighted by Crippen LogP contribution is 2.23. The number of rotatable bonds is 5. The van der Waals surface area contributed by atoms with E-state index in [-0.39, 0.29) is 0 Å². The van der Waals surface area contributed by atoms with Gasteiger partial charge in [0, 0.05) is 23.7 Å². The van der Waals surface area contributed by atoms with Gasteiger partial charge in [-0.2, -0.15) is 0 Å². The third-order valence-electron chi connectivity index (χ3n) is 4.22. The first-order valence-corrected chi connectivity index (χ1v) is 8.05. The molecule has 2 aromatic rings. The van der Waals surface area contributed by atoms with Gasteiger partial charge in [-0.15, -0.1) is 0 Å². The standard InChI is InChI=1S/C18H24N2O/c1-14-10-11-15-6-5-9-17(18(15)20-14)21-13-12-19-16-7-3-2-4-8-16/h5-6,9-11,16,19H,2-4,7-8,12-13H2,1H3. The van der Waals surface area contributed by atoms with E-state index in [0.717, 1.165) is 28.9 Å². The van der Waals surface area contributed by atoms with E-state index in [9.17, 15) is 0 Å². The van der Waals surface area contributed by atoms with Crippen molar-refractivity contribution in [3.8, 4) is 5.75 Å². The second kappa shape index (κ2) is 6.90. The van der Waals surface area contributed by atoms with Crippen LogP contribution in [0.5, 0.6) is 5.75 Å². The van der Waals surface area contributed by atoms with Gasteiger partial charge in [-0.25, -0.2) is 4.98 Å². The van der Waals surface area contributed by atoms with E-state index in [4.69, 9.17) is 4.74 Å². The minimum Gasteiger partial charge on any atom is -0.490 e. The van der Waals surface area contributed by atoms with E-state index in [1.165, 1.54) is 32.1 Å². The number of aromatic nitrogens is 1. The fraction of sp³-hybridized carbons (Fsp3) is 0.500. The normalized spacial score (nSPS) is 16.2. The van der Waals surface area contributed by atoms with Gasteiger partial charge in [0.05, 0.1) is 0 Å². The highest BCUT2D eigenvalue weighted by molar-refractivity contribution is 5.84. The molecule has 0 atom stereocenters. The Balaban J connectivity index is 1.56. The summed E-state index contributed by atoms with van der Waals surface area (Å²) in [5.41, 5.74) is 1.99. The second-order valence-electron chi connectivity index (χ2n) is 5.92. The summed E-state index contributed by atoms with van der Waals surface area (Å²) < 4.78 is 5.94. The maximum atomic E-state index is 5.94. The molecule has 1 aromatic carbocycles. The van der Waals surface area contributed by atoms with Gasteiger partial charge in [0.2, 0.25) is 0 Å². The lowest BCUT2D eigenvalue weighted by atomic mass is 9.96. The molecule has 1 saturated carbocycles. The molecule has 1 heterocycles. The van der Waals surface area contributed by atoms with Crippen molar-refractivity contribution in [1.82, 2.24) is 10.3 Å². The molecule has 3 nitrogen and oxygen atoms in total. The largest absolute Gasteiger partial charge is 0.490 e. The Morgan fingerprint density at radius 2 is 2.00 bits per heavy atom. The second-order valence-corrected chi connectivity index (χ2v) is 5.92. The summed E-state index contributed by atoms with van der Waals surface area (Å²) in [6.07, 6.45) is 6.76. The average Bonchev–Trinajstić information content (AvgIpc) is 2.53. The molecule has 21 heavy (non-hydrogen) atoms. The van der Waals surface area contributed by atoms with Crippen LogP contribution in [0.1, 0.15) is 37.8 Å². The number of aryl methyl sites for hydroxylation is 1. The van der Waals surface area contributed by atoms with Gasteiger partial charge >= 0.3 is 0 Å². The molecular weight excluding hydrogens is 260 g/mol. The number of fused-ring (bicyclic) bond motifs is 1. The minimum absolute atomic E-state index is 0.690. The van der Waals surface area contributed by atoms with E-state index in [1.807, 2.05) is 25.1 Å². The van der Waals surface area contributed by atoms with Crippen LogP contribution in [0.15, 0.2) is 30.3 Å². The summed E-state index contributed by atoms with van der Waals surface area (Å²) in [6.45, 7) is 3.62. The Kier molecular flexibility index (Phi) is 4.71. The van der Waals surface area contributed by atoms with Crippen LogP contribution in [-0.4, -0.2) is 24.2 Å². The Morgan fingerprint density at radius 3 is 2.86 bits per heavy atom. The van der Waals surface area contributed by atoms with Gasteiger partial charge in [0.15, 0.2) is 0 Å². The Morgan fingerprint density at radius 1 is 1.14 bits per heavy atom.